The second kappa shape index (κ2) is 24.6. The molecule has 0 saturated carbocycles. The van der Waals surface area contributed by atoms with Crippen LogP contribution in [0.1, 0.15) is 125 Å². The van der Waals surface area contributed by atoms with E-state index in [9.17, 15) is 0 Å². The maximum absolute atomic E-state index is 6.40. The molecule has 0 aliphatic carbocycles. The molecule has 36 heavy (non-hydrogen) atoms. The molecule has 0 spiro atoms. The van der Waals surface area contributed by atoms with E-state index in [4.69, 9.17) is 18.9 Å². The Balaban J connectivity index is 5.88. The van der Waals surface area contributed by atoms with Gasteiger partial charge in [0.15, 0.2) is 12.2 Å². The van der Waals surface area contributed by atoms with Crippen molar-refractivity contribution in [3.05, 3.63) is 61.5 Å². The predicted molar refractivity (Wildman–Crippen MR) is 154 cm³/mol. The lowest BCUT2D eigenvalue weighted by molar-refractivity contribution is -0.266. The second-order valence-corrected chi connectivity index (χ2v) is 9.20. The van der Waals surface area contributed by atoms with Crippen LogP contribution in [0.2, 0.25) is 0 Å². The fraction of sp³-hybridized carbons (Fsp3) is 0.688. The Bertz CT molecular complexity index is 620. The maximum atomic E-state index is 6.40. The number of rotatable bonds is 24. The van der Waals surface area contributed by atoms with Gasteiger partial charge in [0.1, 0.15) is 0 Å². The Morgan fingerprint density at radius 3 is 1.61 bits per heavy atom. The Morgan fingerprint density at radius 2 is 1.11 bits per heavy atom. The molecule has 0 saturated heterocycles. The summed E-state index contributed by atoms with van der Waals surface area (Å²) in [6.45, 7) is 12.6. The first-order valence-electron chi connectivity index (χ1n) is 14.5. The molecule has 0 heterocycles. The molecule has 0 rings (SSSR count). The molecule has 0 aliphatic rings. The number of allylic oxidation sites excluding steroid dienone is 5. The summed E-state index contributed by atoms with van der Waals surface area (Å²) in [6.07, 6.45) is 32.8. The predicted octanol–water partition coefficient (Wildman–Crippen LogP) is 10.3. The Hall–Kier alpha value is -2.10. The van der Waals surface area contributed by atoms with Gasteiger partial charge < -0.3 is 18.9 Å². The highest BCUT2D eigenvalue weighted by molar-refractivity contribution is 5.04. The van der Waals surface area contributed by atoms with E-state index in [-0.39, 0.29) is 0 Å². The lowest BCUT2D eigenvalue weighted by atomic mass is 10.0. The van der Waals surface area contributed by atoms with Crippen molar-refractivity contribution in [3.8, 4) is 0 Å². The first-order chi connectivity index (χ1) is 17.6. The fourth-order valence-electron chi connectivity index (χ4n) is 3.60. The van der Waals surface area contributed by atoms with Crippen LogP contribution in [0, 0.1) is 0 Å². The van der Waals surface area contributed by atoms with Crippen LogP contribution in [0.5, 0.6) is 0 Å². The van der Waals surface area contributed by atoms with Crippen LogP contribution in [-0.2, 0) is 18.9 Å². The summed E-state index contributed by atoms with van der Waals surface area (Å²) in [5.41, 5.74) is 0. The molecule has 0 aromatic rings. The summed E-state index contributed by atoms with van der Waals surface area (Å²) < 4.78 is 25.1. The molecule has 0 aliphatic heterocycles. The summed E-state index contributed by atoms with van der Waals surface area (Å²) in [4.78, 5) is 0. The van der Waals surface area contributed by atoms with Crippen molar-refractivity contribution >= 4 is 0 Å². The van der Waals surface area contributed by atoms with Gasteiger partial charge >= 0.3 is 5.79 Å². The average Bonchev–Trinajstić information content (AvgIpc) is 2.89. The zero-order chi connectivity index (χ0) is 26.7. The number of ether oxygens (including phenoxy) is 4. The third kappa shape index (κ3) is 15.8. The zero-order valence-corrected chi connectivity index (χ0v) is 24.3. The molecular weight excluding hydrogens is 448 g/mol. The van der Waals surface area contributed by atoms with Gasteiger partial charge in [-0.15, -0.1) is 0 Å². The van der Waals surface area contributed by atoms with E-state index in [1.165, 1.54) is 38.5 Å². The van der Waals surface area contributed by atoms with Crippen molar-refractivity contribution in [2.45, 2.75) is 143 Å². The molecule has 3 atom stereocenters. The quantitative estimate of drug-likeness (QED) is 0.0567. The monoisotopic (exact) mass is 504 g/mol. The molecule has 0 aromatic carbocycles. The standard InChI is InChI=1S/C32H56O4/c1-7-12-16-19-22-27-33-30(6)32(35-26-11-5,36-29-24-21-18-14-9-3)31(25-15-10-4)34-28-23-20-17-13-8-2/h11,15,22-31H,7-10,12-14,16-21H2,1-6H3. The topological polar surface area (TPSA) is 36.9 Å². The van der Waals surface area contributed by atoms with Gasteiger partial charge in [-0.1, -0.05) is 78.4 Å². The summed E-state index contributed by atoms with van der Waals surface area (Å²) in [5, 5.41) is 0. The van der Waals surface area contributed by atoms with Gasteiger partial charge in [0.05, 0.1) is 25.0 Å². The maximum Gasteiger partial charge on any atom is 0.328 e. The molecule has 0 aromatic heterocycles. The number of hydrogen-bond donors (Lipinski definition) is 0. The van der Waals surface area contributed by atoms with Crippen molar-refractivity contribution in [1.29, 1.82) is 0 Å². The molecule has 4 heteroatoms. The Morgan fingerprint density at radius 1 is 0.611 bits per heavy atom. The third-order valence-electron chi connectivity index (χ3n) is 5.87. The minimum Gasteiger partial charge on any atom is -0.490 e. The highest BCUT2D eigenvalue weighted by atomic mass is 16.7. The van der Waals surface area contributed by atoms with Crippen molar-refractivity contribution < 1.29 is 18.9 Å². The van der Waals surface area contributed by atoms with Crippen molar-refractivity contribution in [2.75, 3.05) is 0 Å². The number of unbranched alkanes of at least 4 members (excludes halogenated alkanes) is 9. The fourth-order valence-corrected chi connectivity index (χ4v) is 3.60. The van der Waals surface area contributed by atoms with Crippen molar-refractivity contribution in [2.24, 2.45) is 0 Å². The Kier molecular flexibility index (Phi) is 23.2. The van der Waals surface area contributed by atoms with Gasteiger partial charge in [0.2, 0.25) is 0 Å². The molecule has 4 nitrogen and oxygen atoms in total. The lowest BCUT2D eigenvalue weighted by Gasteiger charge is -2.40. The van der Waals surface area contributed by atoms with Gasteiger partial charge in [-0.25, -0.2) is 0 Å². The van der Waals surface area contributed by atoms with Crippen LogP contribution in [0.3, 0.4) is 0 Å². The van der Waals surface area contributed by atoms with Crippen LogP contribution >= 0.6 is 0 Å². The molecule has 208 valence electrons. The van der Waals surface area contributed by atoms with Crippen LogP contribution < -0.4 is 0 Å². The van der Waals surface area contributed by atoms with E-state index >= 15 is 0 Å². The van der Waals surface area contributed by atoms with E-state index in [0.717, 1.165) is 44.9 Å². The third-order valence-corrected chi connectivity index (χ3v) is 5.87. The minimum absolute atomic E-state index is 0.434. The average molecular weight is 505 g/mol. The molecule has 0 amide bonds. The second-order valence-electron chi connectivity index (χ2n) is 9.20. The molecule has 0 N–H and O–H groups in total. The molecule has 0 radical (unpaired) electrons. The molecule has 0 bridgehead atoms. The zero-order valence-electron chi connectivity index (χ0n) is 24.3. The van der Waals surface area contributed by atoms with E-state index in [0.29, 0.717) is 0 Å². The van der Waals surface area contributed by atoms with E-state index in [1.807, 2.05) is 26.0 Å². The van der Waals surface area contributed by atoms with Gasteiger partial charge in [0, 0.05) is 0 Å². The van der Waals surface area contributed by atoms with E-state index in [2.05, 4.69) is 52.0 Å². The minimum atomic E-state index is -1.19. The lowest BCUT2D eigenvalue weighted by Crippen LogP contribution is -2.54. The van der Waals surface area contributed by atoms with Crippen LogP contribution in [0.4, 0.5) is 0 Å². The largest absolute Gasteiger partial charge is 0.490 e. The summed E-state index contributed by atoms with van der Waals surface area (Å²) in [7, 11) is 0. The van der Waals surface area contributed by atoms with Crippen LogP contribution in [-0.4, -0.2) is 18.0 Å². The van der Waals surface area contributed by atoms with Gasteiger partial charge in [0.25, 0.3) is 0 Å². The van der Waals surface area contributed by atoms with Gasteiger partial charge in [-0.05, 0) is 83.1 Å². The van der Waals surface area contributed by atoms with Crippen LogP contribution in [0.25, 0.3) is 0 Å². The van der Waals surface area contributed by atoms with Crippen LogP contribution in [0.15, 0.2) is 61.5 Å². The SMILES string of the molecule is CC=COC(OC=CCCCCC)(C(C)OC=CCCCCC)C(C=CCC)OC=CCCCCC. The number of hydrogen-bond acceptors (Lipinski definition) is 4. The van der Waals surface area contributed by atoms with E-state index in [1.54, 1.807) is 25.0 Å². The summed E-state index contributed by atoms with van der Waals surface area (Å²) >= 11 is 0. The highest BCUT2D eigenvalue weighted by Crippen LogP contribution is 2.31. The summed E-state index contributed by atoms with van der Waals surface area (Å²) in [5.74, 6) is -1.19. The van der Waals surface area contributed by atoms with Crippen molar-refractivity contribution in [1.82, 2.24) is 0 Å². The smallest absolute Gasteiger partial charge is 0.328 e. The highest BCUT2D eigenvalue weighted by Gasteiger charge is 2.49. The molecule has 3 unspecified atom stereocenters. The Labute approximate surface area is 223 Å². The first-order valence-corrected chi connectivity index (χ1v) is 14.5. The molecular formula is C32H56O4. The van der Waals surface area contributed by atoms with Gasteiger partial charge in [-0.2, -0.15) is 0 Å². The molecule has 0 fully saturated rings. The van der Waals surface area contributed by atoms with Gasteiger partial charge in [-0.3, -0.25) is 0 Å². The normalized spacial score (nSPS) is 15.8. The summed E-state index contributed by atoms with van der Waals surface area (Å²) in [6, 6.07) is 0. The van der Waals surface area contributed by atoms with E-state index < -0.39 is 18.0 Å². The van der Waals surface area contributed by atoms with Crippen molar-refractivity contribution in [3.63, 3.8) is 0 Å². The first kappa shape index (κ1) is 33.9.